The fourth-order valence-electron chi connectivity index (χ4n) is 1.93. The Morgan fingerprint density at radius 3 is 1.96 bits per heavy atom. The first-order valence-electron chi connectivity index (χ1n) is 7.54. The smallest absolute Gasteiger partial charge is 0.343 e. The molecule has 0 saturated carbocycles. The lowest BCUT2D eigenvalue weighted by Gasteiger charge is -2.09. The molecule has 0 heterocycles. The van der Waals surface area contributed by atoms with Crippen molar-refractivity contribution in [3.63, 3.8) is 0 Å². The molecule has 0 fully saturated rings. The van der Waals surface area contributed by atoms with E-state index in [1.54, 1.807) is 49.4 Å². The molecule has 132 valence electrons. The molecule has 26 heavy (non-hydrogen) atoms. The van der Waals surface area contributed by atoms with Gasteiger partial charge in [0, 0.05) is 9.79 Å². The summed E-state index contributed by atoms with van der Waals surface area (Å²) in [6.07, 6.45) is 2.48. The van der Waals surface area contributed by atoms with Crippen LogP contribution in [-0.4, -0.2) is 16.2 Å². The van der Waals surface area contributed by atoms with Crippen molar-refractivity contribution in [1.29, 1.82) is 0 Å². The quantitative estimate of drug-likeness (QED) is 0.308. The summed E-state index contributed by atoms with van der Waals surface area (Å²) in [7, 11) is 0. The minimum absolute atomic E-state index is 0.151. The molecule has 0 atom stereocenters. The van der Waals surface area contributed by atoms with E-state index in [0.717, 1.165) is 38.9 Å². The topological polar surface area (TPSA) is 60.4 Å². The van der Waals surface area contributed by atoms with Gasteiger partial charge >= 0.3 is 5.97 Å². The fourth-order valence-corrected chi connectivity index (χ4v) is 3.21. The van der Waals surface area contributed by atoms with Crippen LogP contribution in [0.4, 0.5) is 0 Å². The second-order valence-electron chi connectivity index (χ2n) is 5.09. The van der Waals surface area contributed by atoms with Crippen LogP contribution in [0, 0.1) is 6.92 Å². The lowest BCUT2D eigenvalue weighted by Crippen LogP contribution is -2.09. The summed E-state index contributed by atoms with van der Waals surface area (Å²) < 4.78 is 5.42. The van der Waals surface area contributed by atoms with Crippen LogP contribution < -0.4 is 4.74 Å². The maximum atomic E-state index is 12.3. The van der Waals surface area contributed by atoms with E-state index in [4.69, 9.17) is 4.74 Å². The van der Waals surface area contributed by atoms with E-state index < -0.39 is 5.97 Å². The van der Waals surface area contributed by atoms with Crippen LogP contribution in [-0.2, 0) is 9.59 Å². The van der Waals surface area contributed by atoms with Crippen molar-refractivity contribution in [3.05, 3.63) is 78.9 Å². The molecule has 2 aromatic carbocycles. The molecule has 0 unspecified atom stereocenters. The first-order chi connectivity index (χ1) is 12.4. The van der Waals surface area contributed by atoms with Crippen molar-refractivity contribution >= 4 is 39.7 Å². The van der Waals surface area contributed by atoms with Gasteiger partial charge in [0.15, 0.2) is 0 Å². The first-order valence-corrected chi connectivity index (χ1v) is 9.17. The predicted molar refractivity (Wildman–Crippen MR) is 105 cm³/mol. The number of benzene rings is 2. The van der Waals surface area contributed by atoms with Gasteiger partial charge < -0.3 is 4.74 Å². The maximum Gasteiger partial charge on any atom is 0.343 e. The monoisotopic (exact) mass is 384 g/mol. The largest absolute Gasteiger partial charge is 0.423 e. The van der Waals surface area contributed by atoms with Gasteiger partial charge in [0.25, 0.3) is 0 Å². The summed E-state index contributed by atoms with van der Waals surface area (Å²) in [5.41, 5.74) is 1.11. The highest BCUT2D eigenvalue weighted by molar-refractivity contribution is 8.14. The molecule has 0 aromatic heterocycles. The Balaban J connectivity index is 2.07. The van der Waals surface area contributed by atoms with Gasteiger partial charge in [-0.1, -0.05) is 13.2 Å². The number of rotatable bonds is 6. The van der Waals surface area contributed by atoms with Crippen LogP contribution in [0.3, 0.4) is 0 Å². The normalized spacial score (nSPS) is 10.0. The summed E-state index contributed by atoms with van der Waals surface area (Å²) in [5.74, 6) is -0.0760. The Labute approximate surface area is 160 Å². The molecular formula is C20H16O4S2. The number of hydrogen-bond donors (Lipinski definition) is 0. The van der Waals surface area contributed by atoms with Gasteiger partial charge in [-0.2, -0.15) is 0 Å². The van der Waals surface area contributed by atoms with Crippen LogP contribution in [0.5, 0.6) is 5.75 Å². The number of esters is 1. The number of hydrogen-bond acceptors (Lipinski definition) is 6. The van der Waals surface area contributed by atoms with Crippen molar-refractivity contribution in [3.8, 4) is 5.75 Å². The van der Waals surface area contributed by atoms with Crippen LogP contribution in [0.1, 0.15) is 15.9 Å². The number of carbonyl (C=O) groups is 3. The molecule has 0 aliphatic carbocycles. The SMILES string of the molecule is C=CC(=O)Sc1ccc(C(=O)Oc2ccc(SC(=O)C=C)cc2C)cc1. The van der Waals surface area contributed by atoms with Crippen LogP contribution in [0.25, 0.3) is 0 Å². The number of thioether (sulfide) groups is 2. The van der Waals surface area contributed by atoms with Gasteiger partial charge in [-0.3, -0.25) is 9.59 Å². The van der Waals surface area contributed by atoms with E-state index in [1.165, 1.54) is 12.2 Å². The second kappa shape index (κ2) is 9.22. The third-order valence-corrected chi connectivity index (χ3v) is 4.94. The van der Waals surface area contributed by atoms with Crippen molar-refractivity contribution in [1.82, 2.24) is 0 Å². The molecule has 0 N–H and O–H groups in total. The Hall–Kier alpha value is -2.57. The lowest BCUT2D eigenvalue weighted by atomic mass is 10.2. The maximum absolute atomic E-state index is 12.3. The van der Waals surface area contributed by atoms with Crippen molar-refractivity contribution in [2.45, 2.75) is 16.7 Å². The van der Waals surface area contributed by atoms with Crippen molar-refractivity contribution in [2.24, 2.45) is 0 Å². The highest BCUT2D eigenvalue weighted by atomic mass is 32.2. The lowest BCUT2D eigenvalue weighted by molar-refractivity contribution is -0.107. The van der Waals surface area contributed by atoms with Crippen molar-refractivity contribution < 1.29 is 19.1 Å². The summed E-state index contributed by atoms with van der Waals surface area (Å²) in [5, 5.41) is -0.314. The molecule has 2 aromatic rings. The highest BCUT2D eigenvalue weighted by Crippen LogP contribution is 2.27. The summed E-state index contributed by atoms with van der Waals surface area (Å²) in [4.78, 5) is 36.5. The Kier molecular flexibility index (Phi) is 7.00. The Morgan fingerprint density at radius 2 is 1.42 bits per heavy atom. The number of ether oxygens (including phenoxy) is 1. The molecule has 0 saturated heterocycles. The number of aryl methyl sites for hydroxylation is 1. The number of carbonyl (C=O) groups excluding carboxylic acids is 3. The summed E-state index contributed by atoms with van der Waals surface area (Å²) in [6, 6.07) is 11.7. The summed E-state index contributed by atoms with van der Waals surface area (Å²) in [6.45, 7) is 8.64. The minimum Gasteiger partial charge on any atom is -0.423 e. The van der Waals surface area contributed by atoms with E-state index in [9.17, 15) is 14.4 Å². The van der Waals surface area contributed by atoms with E-state index in [-0.39, 0.29) is 10.2 Å². The zero-order chi connectivity index (χ0) is 19.1. The van der Waals surface area contributed by atoms with Gasteiger partial charge in [0.2, 0.25) is 10.2 Å². The molecule has 0 aliphatic rings. The Morgan fingerprint density at radius 1 is 0.885 bits per heavy atom. The second-order valence-corrected chi connectivity index (χ2v) is 7.25. The van der Waals surface area contributed by atoms with Gasteiger partial charge in [0.1, 0.15) is 5.75 Å². The van der Waals surface area contributed by atoms with Crippen LogP contribution in [0.15, 0.2) is 77.6 Å². The molecule has 0 bridgehead atoms. The molecule has 0 amide bonds. The van der Waals surface area contributed by atoms with Crippen LogP contribution in [0.2, 0.25) is 0 Å². The fraction of sp³-hybridized carbons (Fsp3) is 0.0500. The van der Waals surface area contributed by atoms with Gasteiger partial charge in [-0.15, -0.1) is 0 Å². The zero-order valence-corrected chi connectivity index (χ0v) is 15.7. The van der Waals surface area contributed by atoms with Gasteiger partial charge in [-0.25, -0.2) is 4.79 Å². The van der Waals surface area contributed by atoms with Gasteiger partial charge in [0.05, 0.1) is 5.56 Å². The molecule has 4 nitrogen and oxygen atoms in total. The van der Waals surface area contributed by atoms with E-state index >= 15 is 0 Å². The van der Waals surface area contributed by atoms with E-state index in [1.807, 2.05) is 0 Å². The average Bonchev–Trinajstić information content (AvgIpc) is 2.64. The molecule has 0 radical (unpaired) electrons. The first kappa shape index (κ1) is 19.8. The minimum atomic E-state index is -0.498. The third-order valence-electron chi connectivity index (χ3n) is 3.21. The van der Waals surface area contributed by atoms with Crippen LogP contribution >= 0.6 is 23.5 Å². The third kappa shape index (κ3) is 5.47. The molecule has 6 heteroatoms. The standard InChI is InChI=1S/C20H16O4S2/c1-4-18(21)25-15-8-6-14(7-9-15)20(23)24-17-11-10-16(12-13(17)3)26-19(22)5-2/h4-12H,1-2H2,3H3. The predicted octanol–water partition coefficient (Wildman–Crippen LogP) is 4.82. The molecule has 0 aliphatic heterocycles. The van der Waals surface area contributed by atoms with E-state index in [2.05, 4.69) is 13.2 Å². The molecule has 0 spiro atoms. The van der Waals surface area contributed by atoms with E-state index in [0.29, 0.717) is 11.3 Å². The Bertz CT molecular complexity index is 870. The molecule has 2 rings (SSSR count). The molecular weight excluding hydrogens is 368 g/mol. The van der Waals surface area contributed by atoms with Crippen molar-refractivity contribution in [2.75, 3.05) is 0 Å². The van der Waals surface area contributed by atoms with Gasteiger partial charge in [-0.05, 0) is 90.6 Å². The average molecular weight is 384 g/mol. The summed E-state index contributed by atoms with van der Waals surface area (Å²) >= 11 is 2.09. The highest BCUT2D eigenvalue weighted by Gasteiger charge is 2.12. The zero-order valence-electron chi connectivity index (χ0n) is 14.1.